The Kier molecular flexibility index (Phi) is 5.83. The zero-order valence-electron chi connectivity index (χ0n) is 18.7. The fraction of sp³-hybridized carbons (Fsp3) is 0.480. The smallest absolute Gasteiger partial charge is 0.142 e. The van der Waals surface area contributed by atoms with Gasteiger partial charge in [0.25, 0.3) is 0 Å². The van der Waals surface area contributed by atoms with Gasteiger partial charge in [-0.2, -0.15) is 0 Å². The highest BCUT2D eigenvalue weighted by Gasteiger charge is 2.22. The molecular weight excluding hydrogens is 386 g/mol. The third-order valence-corrected chi connectivity index (χ3v) is 6.88. The van der Waals surface area contributed by atoms with Crippen LogP contribution in [-0.2, 0) is 11.3 Å². The first-order chi connectivity index (χ1) is 15.2. The van der Waals surface area contributed by atoms with Crippen LogP contribution in [0.15, 0.2) is 48.7 Å². The summed E-state index contributed by atoms with van der Waals surface area (Å²) >= 11 is 0. The lowest BCUT2D eigenvalue weighted by Gasteiger charge is -2.37. The lowest BCUT2D eigenvalue weighted by Crippen LogP contribution is -2.47. The molecule has 0 aliphatic carbocycles. The lowest BCUT2D eigenvalue weighted by molar-refractivity contribution is 0.108. The molecule has 0 saturated carbocycles. The highest BCUT2D eigenvalue weighted by Crippen LogP contribution is 2.24. The Morgan fingerprint density at radius 2 is 1.74 bits per heavy atom. The third-order valence-electron chi connectivity index (χ3n) is 6.88. The van der Waals surface area contributed by atoms with Gasteiger partial charge in [0.2, 0.25) is 0 Å². The molecule has 164 valence electrons. The number of likely N-dealkylation sites (tertiary alicyclic amines) is 1. The van der Waals surface area contributed by atoms with Gasteiger partial charge in [0.15, 0.2) is 0 Å². The molecule has 3 aromatic rings. The first-order valence-corrected chi connectivity index (χ1v) is 11.5. The van der Waals surface area contributed by atoms with Crippen molar-refractivity contribution in [2.45, 2.75) is 26.0 Å². The van der Waals surface area contributed by atoms with Gasteiger partial charge in [-0.15, -0.1) is 0 Å². The Balaban J connectivity index is 1.25. The number of nitrogens with zero attached hydrogens (tertiary/aromatic N) is 5. The van der Waals surface area contributed by atoms with E-state index in [9.17, 15) is 0 Å². The van der Waals surface area contributed by atoms with Crippen LogP contribution in [0.1, 0.15) is 12.0 Å². The maximum absolute atomic E-state index is 5.50. The molecule has 2 aliphatic heterocycles. The van der Waals surface area contributed by atoms with E-state index in [2.05, 4.69) is 74.9 Å². The number of hydrogen-bond acceptors (Lipinski definition) is 5. The molecule has 2 fully saturated rings. The zero-order valence-corrected chi connectivity index (χ0v) is 18.7. The molecule has 0 spiro atoms. The molecule has 0 amide bonds. The van der Waals surface area contributed by atoms with E-state index < -0.39 is 0 Å². The van der Waals surface area contributed by atoms with Gasteiger partial charge in [0.05, 0.1) is 6.10 Å². The van der Waals surface area contributed by atoms with Gasteiger partial charge in [-0.25, -0.2) is 4.98 Å². The van der Waals surface area contributed by atoms with E-state index in [1.165, 1.54) is 16.6 Å². The Morgan fingerprint density at radius 3 is 2.52 bits per heavy atom. The SMILES string of the molecule is COC1CCN(CCn2ccc3ccc(N4CCN(c5ccccc5C)CC4)nc32)C1. The van der Waals surface area contributed by atoms with Crippen LogP contribution in [0.3, 0.4) is 0 Å². The molecule has 0 bridgehead atoms. The Morgan fingerprint density at radius 1 is 0.935 bits per heavy atom. The van der Waals surface area contributed by atoms with Crippen molar-refractivity contribution in [3.63, 3.8) is 0 Å². The van der Waals surface area contributed by atoms with Crippen LogP contribution in [-0.4, -0.2) is 73.5 Å². The summed E-state index contributed by atoms with van der Waals surface area (Å²) in [7, 11) is 1.82. The van der Waals surface area contributed by atoms with E-state index in [1.54, 1.807) is 0 Å². The summed E-state index contributed by atoms with van der Waals surface area (Å²) in [4.78, 5) is 12.5. The normalized spacial score (nSPS) is 20.1. The van der Waals surface area contributed by atoms with Gasteiger partial charge in [-0.1, -0.05) is 18.2 Å². The molecule has 1 aromatic carbocycles. The van der Waals surface area contributed by atoms with Crippen molar-refractivity contribution in [1.82, 2.24) is 14.5 Å². The minimum atomic E-state index is 0.393. The molecule has 0 N–H and O–H groups in total. The van der Waals surface area contributed by atoms with Crippen LogP contribution in [0.2, 0.25) is 0 Å². The number of benzene rings is 1. The summed E-state index contributed by atoms with van der Waals surface area (Å²) in [5.41, 5.74) is 3.81. The van der Waals surface area contributed by atoms with Gasteiger partial charge < -0.3 is 19.1 Å². The van der Waals surface area contributed by atoms with Crippen LogP contribution in [0, 0.1) is 6.92 Å². The summed E-state index contributed by atoms with van der Waals surface area (Å²) in [6.45, 7) is 10.4. The van der Waals surface area contributed by atoms with Crippen LogP contribution < -0.4 is 9.80 Å². The number of ether oxygens (including phenoxy) is 1. The number of piperazine rings is 1. The minimum Gasteiger partial charge on any atom is -0.380 e. The summed E-state index contributed by atoms with van der Waals surface area (Å²) in [5, 5.41) is 1.22. The maximum atomic E-state index is 5.50. The third kappa shape index (κ3) is 4.27. The average Bonchev–Trinajstić information content (AvgIpc) is 3.44. The fourth-order valence-corrected chi connectivity index (χ4v) is 4.94. The second-order valence-corrected chi connectivity index (χ2v) is 8.80. The molecule has 31 heavy (non-hydrogen) atoms. The molecule has 2 saturated heterocycles. The van der Waals surface area contributed by atoms with E-state index in [4.69, 9.17) is 9.72 Å². The van der Waals surface area contributed by atoms with Crippen molar-refractivity contribution in [3.05, 3.63) is 54.2 Å². The standard InChI is InChI=1S/C25H33N5O/c1-20-5-3-4-6-23(20)28-15-17-29(18-16-28)24-8-7-21-9-12-30(25(21)26-24)14-13-27-11-10-22(19-27)31-2/h3-9,12,22H,10-11,13-19H2,1-2H3. The second kappa shape index (κ2) is 8.89. The number of fused-ring (bicyclic) bond motifs is 1. The topological polar surface area (TPSA) is 36.8 Å². The molecular formula is C25H33N5O. The van der Waals surface area contributed by atoms with E-state index >= 15 is 0 Å². The quantitative estimate of drug-likeness (QED) is 0.612. The number of methoxy groups -OCH3 is 1. The van der Waals surface area contributed by atoms with Crippen LogP contribution in [0.5, 0.6) is 0 Å². The lowest BCUT2D eigenvalue weighted by atomic mass is 10.1. The van der Waals surface area contributed by atoms with Crippen molar-refractivity contribution in [1.29, 1.82) is 0 Å². The number of pyridine rings is 1. The number of aryl methyl sites for hydroxylation is 1. The molecule has 5 rings (SSSR count). The van der Waals surface area contributed by atoms with Crippen molar-refractivity contribution < 1.29 is 4.74 Å². The molecule has 2 aliphatic rings. The van der Waals surface area contributed by atoms with Gasteiger partial charge in [0, 0.05) is 76.7 Å². The van der Waals surface area contributed by atoms with E-state index in [0.717, 1.165) is 70.2 Å². The molecule has 0 radical (unpaired) electrons. The van der Waals surface area contributed by atoms with Crippen molar-refractivity contribution in [2.24, 2.45) is 0 Å². The fourth-order valence-electron chi connectivity index (χ4n) is 4.94. The number of para-hydroxylation sites is 1. The summed E-state index contributed by atoms with van der Waals surface area (Å²) < 4.78 is 7.81. The average molecular weight is 420 g/mol. The molecule has 6 nitrogen and oxygen atoms in total. The Hall–Kier alpha value is -2.57. The number of hydrogen-bond donors (Lipinski definition) is 0. The summed E-state index contributed by atoms with van der Waals surface area (Å²) in [5.74, 6) is 1.09. The highest BCUT2D eigenvalue weighted by atomic mass is 16.5. The van der Waals surface area contributed by atoms with Crippen LogP contribution in [0.25, 0.3) is 11.0 Å². The molecule has 4 heterocycles. The molecule has 1 unspecified atom stereocenters. The second-order valence-electron chi connectivity index (χ2n) is 8.80. The molecule has 1 atom stereocenters. The molecule has 6 heteroatoms. The van der Waals surface area contributed by atoms with Crippen molar-refractivity contribution in [2.75, 3.05) is 62.7 Å². The predicted molar refractivity (Wildman–Crippen MR) is 127 cm³/mol. The van der Waals surface area contributed by atoms with E-state index in [1.807, 2.05) is 7.11 Å². The highest BCUT2D eigenvalue weighted by molar-refractivity contribution is 5.78. The maximum Gasteiger partial charge on any atom is 0.142 e. The molecule has 2 aromatic heterocycles. The van der Waals surface area contributed by atoms with Gasteiger partial charge >= 0.3 is 0 Å². The number of aromatic nitrogens is 2. The largest absolute Gasteiger partial charge is 0.380 e. The Bertz CT molecular complexity index is 1020. The predicted octanol–water partition coefficient (Wildman–Crippen LogP) is 3.39. The van der Waals surface area contributed by atoms with Crippen molar-refractivity contribution in [3.8, 4) is 0 Å². The van der Waals surface area contributed by atoms with Gasteiger partial charge in [-0.3, -0.25) is 4.90 Å². The van der Waals surface area contributed by atoms with Crippen LogP contribution >= 0.6 is 0 Å². The van der Waals surface area contributed by atoms with Gasteiger partial charge in [0.1, 0.15) is 11.5 Å². The summed E-state index contributed by atoms with van der Waals surface area (Å²) in [6, 6.07) is 15.3. The monoisotopic (exact) mass is 419 g/mol. The van der Waals surface area contributed by atoms with Crippen molar-refractivity contribution >= 4 is 22.5 Å². The first-order valence-electron chi connectivity index (χ1n) is 11.5. The number of rotatable bonds is 6. The van der Waals surface area contributed by atoms with E-state index in [0.29, 0.717) is 6.10 Å². The van der Waals surface area contributed by atoms with Crippen LogP contribution in [0.4, 0.5) is 11.5 Å². The first kappa shape index (κ1) is 20.3. The summed E-state index contributed by atoms with van der Waals surface area (Å²) in [6.07, 6.45) is 3.71. The zero-order chi connectivity index (χ0) is 21.2. The van der Waals surface area contributed by atoms with E-state index in [-0.39, 0.29) is 0 Å². The number of anilines is 2. The minimum absolute atomic E-state index is 0.393. The van der Waals surface area contributed by atoms with Gasteiger partial charge in [-0.05, 0) is 43.2 Å². The Labute approximate surface area is 185 Å².